The molecule has 0 aliphatic heterocycles. The number of amides is 1. The highest BCUT2D eigenvalue weighted by atomic mass is 16.2. The molecule has 0 unspecified atom stereocenters. The van der Waals surface area contributed by atoms with Gasteiger partial charge >= 0.3 is 0 Å². The molecule has 0 atom stereocenters. The molecule has 0 aromatic heterocycles. The summed E-state index contributed by atoms with van der Waals surface area (Å²) in [5, 5.41) is 0. The van der Waals surface area contributed by atoms with Gasteiger partial charge in [0.1, 0.15) is 0 Å². The van der Waals surface area contributed by atoms with Crippen molar-refractivity contribution < 1.29 is 4.79 Å². The average molecular weight is 289 g/mol. The van der Waals surface area contributed by atoms with E-state index in [2.05, 4.69) is 9.80 Å². The van der Waals surface area contributed by atoms with Gasteiger partial charge < -0.3 is 15.5 Å². The number of carbonyl (C=O) groups is 1. The van der Waals surface area contributed by atoms with Crippen molar-refractivity contribution in [2.45, 2.75) is 38.3 Å². The first kappa shape index (κ1) is 16.0. The van der Waals surface area contributed by atoms with Gasteiger partial charge in [-0.2, -0.15) is 0 Å². The maximum absolute atomic E-state index is 12.8. The van der Waals surface area contributed by atoms with Crippen LogP contribution in [0, 0.1) is 0 Å². The van der Waals surface area contributed by atoms with Gasteiger partial charge in [-0.05, 0) is 44.6 Å². The van der Waals surface area contributed by atoms with Gasteiger partial charge in [0.2, 0.25) is 0 Å². The van der Waals surface area contributed by atoms with E-state index in [1.54, 1.807) is 0 Å². The first-order valence-corrected chi connectivity index (χ1v) is 7.86. The minimum absolute atomic E-state index is 0.160. The molecular weight excluding hydrogens is 262 g/mol. The van der Waals surface area contributed by atoms with Crippen molar-refractivity contribution in [1.82, 2.24) is 9.80 Å². The van der Waals surface area contributed by atoms with Crippen LogP contribution < -0.4 is 5.73 Å². The summed E-state index contributed by atoms with van der Waals surface area (Å²) in [4.78, 5) is 17.0. The average Bonchev–Trinajstić information content (AvgIpc) is 3.01. The highest BCUT2D eigenvalue weighted by molar-refractivity contribution is 5.94. The summed E-state index contributed by atoms with van der Waals surface area (Å²) in [6.07, 6.45) is 4.76. The van der Waals surface area contributed by atoms with Gasteiger partial charge in [-0.1, -0.05) is 25.0 Å². The van der Waals surface area contributed by atoms with Crippen LogP contribution >= 0.6 is 0 Å². The lowest BCUT2D eigenvalue weighted by molar-refractivity contribution is 0.0667. The molecule has 0 heterocycles. The van der Waals surface area contributed by atoms with E-state index in [4.69, 9.17) is 5.73 Å². The van der Waals surface area contributed by atoms with Crippen molar-refractivity contribution in [2.24, 2.45) is 5.73 Å². The number of hydrogen-bond acceptors (Lipinski definition) is 3. The maximum Gasteiger partial charge on any atom is 0.254 e. The van der Waals surface area contributed by atoms with Gasteiger partial charge in [-0.15, -0.1) is 0 Å². The van der Waals surface area contributed by atoms with E-state index in [0.717, 1.165) is 37.1 Å². The van der Waals surface area contributed by atoms with Crippen LogP contribution in [0.2, 0.25) is 0 Å². The molecule has 2 rings (SSSR count). The molecule has 4 nitrogen and oxygen atoms in total. The third-order valence-electron chi connectivity index (χ3n) is 4.25. The van der Waals surface area contributed by atoms with Crippen molar-refractivity contribution in [3.8, 4) is 0 Å². The second kappa shape index (κ2) is 7.57. The Kier molecular flexibility index (Phi) is 5.76. The molecule has 0 saturated heterocycles. The first-order valence-electron chi connectivity index (χ1n) is 7.86. The molecule has 0 bridgehead atoms. The summed E-state index contributed by atoms with van der Waals surface area (Å²) < 4.78 is 0. The fraction of sp³-hybridized carbons (Fsp3) is 0.588. The zero-order chi connectivity index (χ0) is 15.2. The third kappa shape index (κ3) is 4.29. The molecule has 1 saturated carbocycles. The fourth-order valence-corrected chi connectivity index (χ4v) is 2.92. The van der Waals surface area contributed by atoms with Crippen LogP contribution in [-0.2, 0) is 6.54 Å². The van der Waals surface area contributed by atoms with Gasteiger partial charge in [0.15, 0.2) is 0 Å². The lowest BCUT2D eigenvalue weighted by Crippen LogP contribution is -2.42. The minimum atomic E-state index is 0.160. The SMILES string of the molecule is CN(C)CCN(C(=O)c1ccc(CN)cc1)C1CCCC1. The highest BCUT2D eigenvalue weighted by Crippen LogP contribution is 2.25. The first-order chi connectivity index (χ1) is 10.1. The molecule has 1 aliphatic rings. The van der Waals surface area contributed by atoms with Gasteiger partial charge in [-0.3, -0.25) is 4.79 Å². The smallest absolute Gasteiger partial charge is 0.254 e. The van der Waals surface area contributed by atoms with Crippen molar-refractivity contribution in [3.63, 3.8) is 0 Å². The minimum Gasteiger partial charge on any atom is -0.334 e. The maximum atomic E-state index is 12.8. The van der Waals surface area contributed by atoms with Crippen molar-refractivity contribution in [3.05, 3.63) is 35.4 Å². The summed E-state index contributed by atoms with van der Waals surface area (Å²) >= 11 is 0. The Hall–Kier alpha value is -1.39. The van der Waals surface area contributed by atoms with E-state index in [1.165, 1.54) is 12.8 Å². The summed E-state index contributed by atoms with van der Waals surface area (Å²) in [6, 6.07) is 8.12. The third-order valence-corrected chi connectivity index (χ3v) is 4.25. The number of carbonyl (C=O) groups excluding carboxylic acids is 1. The van der Waals surface area contributed by atoms with E-state index >= 15 is 0 Å². The van der Waals surface area contributed by atoms with Crippen molar-refractivity contribution >= 4 is 5.91 Å². The standard InChI is InChI=1S/C17H27N3O/c1-19(2)11-12-20(16-5-3-4-6-16)17(21)15-9-7-14(13-18)8-10-15/h7-10,16H,3-6,11-13,18H2,1-2H3. The Balaban J connectivity index is 2.11. The predicted molar refractivity (Wildman–Crippen MR) is 86.2 cm³/mol. The Labute approximate surface area is 127 Å². The Morgan fingerprint density at radius 3 is 2.29 bits per heavy atom. The summed E-state index contributed by atoms with van der Waals surface area (Å²) in [6.45, 7) is 2.22. The van der Waals surface area contributed by atoms with Crippen LogP contribution in [0.4, 0.5) is 0 Å². The number of hydrogen-bond donors (Lipinski definition) is 1. The topological polar surface area (TPSA) is 49.6 Å². The summed E-state index contributed by atoms with van der Waals surface area (Å²) in [7, 11) is 4.10. The second-order valence-corrected chi connectivity index (χ2v) is 6.14. The van der Waals surface area contributed by atoms with E-state index in [9.17, 15) is 4.79 Å². The van der Waals surface area contributed by atoms with E-state index in [-0.39, 0.29) is 5.91 Å². The fourth-order valence-electron chi connectivity index (χ4n) is 2.92. The zero-order valence-corrected chi connectivity index (χ0v) is 13.2. The molecular formula is C17H27N3O. The second-order valence-electron chi connectivity index (χ2n) is 6.14. The normalized spacial score (nSPS) is 15.6. The molecule has 4 heteroatoms. The van der Waals surface area contributed by atoms with Crippen molar-refractivity contribution in [2.75, 3.05) is 27.2 Å². The molecule has 1 fully saturated rings. The molecule has 21 heavy (non-hydrogen) atoms. The zero-order valence-electron chi connectivity index (χ0n) is 13.2. The van der Waals surface area contributed by atoms with Crippen LogP contribution in [0.1, 0.15) is 41.6 Å². The number of rotatable bonds is 6. The number of benzene rings is 1. The van der Waals surface area contributed by atoms with E-state index in [1.807, 2.05) is 38.4 Å². The largest absolute Gasteiger partial charge is 0.334 e. The van der Waals surface area contributed by atoms with Gasteiger partial charge in [0.05, 0.1) is 0 Å². The Morgan fingerprint density at radius 2 is 1.76 bits per heavy atom. The van der Waals surface area contributed by atoms with E-state index in [0.29, 0.717) is 12.6 Å². The molecule has 1 aromatic rings. The molecule has 2 N–H and O–H groups in total. The van der Waals surface area contributed by atoms with E-state index < -0.39 is 0 Å². The predicted octanol–water partition coefficient (Wildman–Crippen LogP) is 2.09. The molecule has 0 spiro atoms. The number of nitrogens with two attached hydrogens (primary N) is 1. The van der Waals surface area contributed by atoms with Crippen LogP contribution in [0.25, 0.3) is 0 Å². The Bertz CT molecular complexity index is 450. The lowest BCUT2D eigenvalue weighted by Gasteiger charge is -2.30. The Morgan fingerprint density at radius 1 is 1.14 bits per heavy atom. The molecule has 1 amide bonds. The van der Waals surface area contributed by atoms with Crippen LogP contribution in [-0.4, -0.2) is 48.9 Å². The van der Waals surface area contributed by atoms with Gasteiger partial charge in [-0.25, -0.2) is 0 Å². The van der Waals surface area contributed by atoms with Crippen LogP contribution in [0.3, 0.4) is 0 Å². The van der Waals surface area contributed by atoms with Crippen molar-refractivity contribution in [1.29, 1.82) is 0 Å². The summed E-state index contributed by atoms with van der Waals surface area (Å²) in [5.74, 6) is 0.160. The quantitative estimate of drug-likeness (QED) is 0.872. The summed E-state index contributed by atoms with van der Waals surface area (Å²) in [5.41, 5.74) is 7.45. The molecule has 1 aliphatic carbocycles. The van der Waals surface area contributed by atoms with Crippen LogP contribution in [0.15, 0.2) is 24.3 Å². The van der Waals surface area contributed by atoms with Gasteiger partial charge in [0.25, 0.3) is 5.91 Å². The molecule has 1 aromatic carbocycles. The molecule has 116 valence electrons. The number of nitrogens with zero attached hydrogens (tertiary/aromatic N) is 2. The van der Waals surface area contributed by atoms with Gasteiger partial charge in [0, 0.05) is 31.2 Å². The number of likely N-dealkylation sites (N-methyl/N-ethyl adjacent to an activating group) is 1. The monoisotopic (exact) mass is 289 g/mol. The highest BCUT2D eigenvalue weighted by Gasteiger charge is 2.27. The van der Waals surface area contributed by atoms with Crippen LogP contribution in [0.5, 0.6) is 0 Å². The lowest BCUT2D eigenvalue weighted by atomic mass is 10.1. The molecule has 0 radical (unpaired) electrons.